The minimum Gasteiger partial charge on any atom is -0.452 e. The van der Waals surface area contributed by atoms with Gasteiger partial charge in [0.1, 0.15) is 0 Å². The van der Waals surface area contributed by atoms with Crippen LogP contribution in [0.2, 0.25) is 0 Å². The van der Waals surface area contributed by atoms with Crippen molar-refractivity contribution < 1.29 is 19.1 Å². The first-order valence-electron chi connectivity index (χ1n) is 8.92. The maximum Gasteiger partial charge on any atom is 0.338 e. The summed E-state index contributed by atoms with van der Waals surface area (Å²) in [5.74, 6) is -0.699. The standard InChI is InChI=1S/C20H26N2O4/c1-4-21(13-15(2)3)19(24)14-26-20(25)16-8-10-17(11-9-16)22-12-6-5-7-18(22)23/h8-11H,2,4-7,12-14H2,1,3H3. The van der Waals surface area contributed by atoms with E-state index in [4.69, 9.17) is 4.74 Å². The molecule has 6 heteroatoms. The van der Waals surface area contributed by atoms with Gasteiger partial charge in [0.05, 0.1) is 5.56 Å². The van der Waals surface area contributed by atoms with E-state index in [1.165, 1.54) is 0 Å². The lowest BCUT2D eigenvalue weighted by molar-refractivity contribution is -0.133. The molecule has 1 aromatic carbocycles. The van der Waals surface area contributed by atoms with E-state index in [-0.39, 0.29) is 18.4 Å². The van der Waals surface area contributed by atoms with Crippen LogP contribution in [0.25, 0.3) is 0 Å². The summed E-state index contributed by atoms with van der Waals surface area (Å²) in [5.41, 5.74) is 2.00. The van der Waals surface area contributed by atoms with E-state index in [0.29, 0.717) is 31.6 Å². The number of benzene rings is 1. The summed E-state index contributed by atoms with van der Waals surface area (Å²) in [7, 11) is 0. The number of rotatable bonds is 7. The molecule has 1 saturated heterocycles. The molecule has 140 valence electrons. The second-order valence-electron chi connectivity index (χ2n) is 6.49. The van der Waals surface area contributed by atoms with Crippen molar-refractivity contribution in [3.05, 3.63) is 42.0 Å². The first-order valence-corrected chi connectivity index (χ1v) is 8.92. The third-order valence-electron chi connectivity index (χ3n) is 4.26. The Morgan fingerprint density at radius 1 is 1.23 bits per heavy atom. The van der Waals surface area contributed by atoms with Gasteiger partial charge in [0.25, 0.3) is 5.91 Å². The fourth-order valence-corrected chi connectivity index (χ4v) is 2.86. The van der Waals surface area contributed by atoms with E-state index in [2.05, 4.69) is 6.58 Å². The maximum absolute atomic E-state index is 12.1. The quantitative estimate of drug-likeness (QED) is 0.555. The molecular formula is C20H26N2O4. The Labute approximate surface area is 154 Å². The summed E-state index contributed by atoms with van der Waals surface area (Å²) in [6.45, 7) is 8.88. The number of hydrogen-bond donors (Lipinski definition) is 0. The van der Waals surface area contributed by atoms with E-state index < -0.39 is 5.97 Å². The summed E-state index contributed by atoms with van der Waals surface area (Å²) in [4.78, 5) is 39.5. The largest absolute Gasteiger partial charge is 0.452 e. The number of ether oxygens (including phenoxy) is 1. The summed E-state index contributed by atoms with van der Waals surface area (Å²) in [5, 5.41) is 0. The fourth-order valence-electron chi connectivity index (χ4n) is 2.86. The van der Waals surface area contributed by atoms with Crippen molar-refractivity contribution in [2.45, 2.75) is 33.1 Å². The first-order chi connectivity index (χ1) is 12.4. The highest BCUT2D eigenvalue weighted by Crippen LogP contribution is 2.21. The molecule has 26 heavy (non-hydrogen) atoms. The molecule has 1 aliphatic heterocycles. The Morgan fingerprint density at radius 3 is 2.50 bits per heavy atom. The zero-order chi connectivity index (χ0) is 19.1. The Kier molecular flexibility index (Phi) is 6.95. The van der Waals surface area contributed by atoms with Gasteiger partial charge in [-0.3, -0.25) is 9.59 Å². The number of anilines is 1. The molecule has 0 saturated carbocycles. The number of amides is 2. The van der Waals surface area contributed by atoms with Crippen molar-refractivity contribution in [3.63, 3.8) is 0 Å². The van der Waals surface area contributed by atoms with Crippen molar-refractivity contribution in [3.8, 4) is 0 Å². The van der Waals surface area contributed by atoms with Gasteiger partial charge >= 0.3 is 5.97 Å². The van der Waals surface area contributed by atoms with Gasteiger partial charge in [-0.25, -0.2) is 4.79 Å². The van der Waals surface area contributed by atoms with Crippen LogP contribution in [0.15, 0.2) is 36.4 Å². The fraction of sp³-hybridized carbons (Fsp3) is 0.450. The van der Waals surface area contributed by atoms with E-state index in [0.717, 1.165) is 24.1 Å². The van der Waals surface area contributed by atoms with Gasteiger partial charge in [-0.05, 0) is 51.0 Å². The smallest absolute Gasteiger partial charge is 0.338 e. The molecule has 0 N–H and O–H groups in total. The highest BCUT2D eigenvalue weighted by atomic mass is 16.5. The van der Waals surface area contributed by atoms with Crippen LogP contribution in [-0.2, 0) is 14.3 Å². The molecule has 0 radical (unpaired) electrons. The van der Waals surface area contributed by atoms with Crippen LogP contribution in [-0.4, -0.2) is 48.9 Å². The van der Waals surface area contributed by atoms with Crippen molar-refractivity contribution in [1.29, 1.82) is 0 Å². The van der Waals surface area contributed by atoms with E-state index in [1.54, 1.807) is 34.1 Å². The number of nitrogens with zero attached hydrogens (tertiary/aromatic N) is 2. The van der Waals surface area contributed by atoms with Gasteiger partial charge in [-0.1, -0.05) is 12.2 Å². The van der Waals surface area contributed by atoms with Crippen LogP contribution in [0.1, 0.15) is 43.5 Å². The molecule has 0 aliphatic carbocycles. The molecule has 0 aromatic heterocycles. The average Bonchev–Trinajstić information content (AvgIpc) is 2.64. The number of hydrogen-bond acceptors (Lipinski definition) is 4. The SMILES string of the molecule is C=C(C)CN(CC)C(=O)COC(=O)c1ccc(N2CCCCC2=O)cc1. The van der Waals surface area contributed by atoms with E-state index in [9.17, 15) is 14.4 Å². The molecule has 0 bridgehead atoms. The van der Waals surface area contributed by atoms with Gasteiger partial charge < -0.3 is 14.5 Å². The average molecular weight is 358 g/mol. The van der Waals surface area contributed by atoms with Crippen molar-refractivity contribution >= 4 is 23.5 Å². The molecule has 6 nitrogen and oxygen atoms in total. The monoisotopic (exact) mass is 358 g/mol. The molecule has 1 aromatic rings. The highest BCUT2D eigenvalue weighted by molar-refractivity contribution is 5.95. The van der Waals surface area contributed by atoms with E-state index >= 15 is 0 Å². The minimum atomic E-state index is -0.554. The topological polar surface area (TPSA) is 66.9 Å². The van der Waals surface area contributed by atoms with Crippen LogP contribution < -0.4 is 4.90 Å². The third kappa shape index (κ3) is 5.18. The van der Waals surface area contributed by atoms with Crippen LogP contribution in [0, 0.1) is 0 Å². The van der Waals surface area contributed by atoms with Crippen LogP contribution in [0.5, 0.6) is 0 Å². The van der Waals surface area contributed by atoms with Crippen molar-refractivity contribution in [2.75, 3.05) is 31.1 Å². The molecule has 2 amide bonds. The molecule has 1 fully saturated rings. The molecular weight excluding hydrogens is 332 g/mol. The lowest BCUT2D eigenvalue weighted by Crippen LogP contribution is -2.35. The van der Waals surface area contributed by atoms with Gasteiger partial charge in [0.15, 0.2) is 6.61 Å². The summed E-state index contributed by atoms with van der Waals surface area (Å²) < 4.78 is 5.12. The van der Waals surface area contributed by atoms with Gasteiger partial charge in [0.2, 0.25) is 5.91 Å². The number of carbonyl (C=O) groups excluding carboxylic acids is 3. The molecule has 0 unspecified atom stereocenters. The van der Waals surface area contributed by atoms with Crippen molar-refractivity contribution in [2.24, 2.45) is 0 Å². The Morgan fingerprint density at radius 2 is 1.92 bits per heavy atom. The normalized spacial score (nSPS) is 14.1. The predicted molar refractivity (Wildman–Crippen MR) is 100.0 cm³/mol. The van der Waals surface area contributed by atoms with Gasteiger partial charge in [-0.15, -0.1) is 0 Å². The number of esters is 1. The van der Waals surface area contributed by atoms with Gasteiger partial charge in [-0.2, -0.15) is 0 Å². The lowest BCUT2D eigenvalue weighted by Gasteiger charge is -2.26. The Balaban J connectivity index is 1.92. The van der Waals surface area contributed by atoms with Crippen LogP contribution in [0.4, 0.5) is 5.69 Å². The number of piperidine rings is 1. The Bertz CT molecular complexity index is 682. The summed E-state index contributed by atoms with van der Waals surface area (Å²) in [6.07, 6.45) is 2.47. The second kappa shape index (κ2) is 9.17. The number of likely N-dealkylation sites (N-methyl/N-ethyl adjacent to an activating group) is 1. The predicted octanol–water partition coefficient (Wildman–Crippen LogP) is 2.78. The molecule has 1 heterocycles. The maximum atomic E-state index is 12.1. The zero-order valence-electron chi connectivity index (χ0n) is 15.5. The van der Waals surface area contributed by atoms with Crippen LogP contribution in [0.3, 0.4) is 0 Å². The summed E-state index contributed by atoms with van der Waals surface area (Å²) in [6, 6.07) is 6.72. The van der Waals surface area contributed by atoms with Gasteiger partial charge in [0, 0.05) is 31.7 Å². The number of carbonyl (C=O) groups is 3. The zero-order valence-corrected chi connectivity index (χ0v) is 15.5. The molecule has 0 spiro atoms. The second-order valence-corrected chi connectivity index (χ2v) is 6.49. The minimum absolute atomic E-state index is 0.106. The van der Waals surface area contributed by atoms with E-state index in [1.807, 2.05) is 13.8 Å². The third-order valence-corrected chi connectivity index (χ3v) is 4.26. The highest BCUT2D eigenvalue weighted by Gasteiger charge is 2.20. The molecule has 0 atom stereocenters. The van der Waals surface area contributed by atoms with Crippen LogP contribution >= 0.6 is 0 Å². The lowest BCUT2D eigenvalue weighted by atomic mass is 10.1. The van der Waals surface area contributed by atoms with Crippen molar-refractivity contribution in [1.82, 2.24) is 4.90 Å². The Hall–Kier alpha value is -2.63. The molecule has 1 aliphatic rings. The first kappa shape index (κ1) is 19.7. The summed E-state index contributed by atoms with van der Waals surface area (Å²) >= 11 is 0. The molecule has 2 rings (SSSR count).